The van der Waals surface area contributed by atoms with Gasteiger partial charge in [-0.05, 0) is 43.2 Å². The quantitative estimate of drug-likeness (QED) is 0.735. The van der Waals surface area contributed by atoms with E-state index in [4.69, 9.17) is 4.74 Å². The van der Waals surface area contributed by atoms with Gasteiger partial charge in [-0.2, -0.15) is 4.39 Å². The Labute approximate surface area is 144 Å². The number of nitrogens with zero attached hydrogens (tertiary/aromatic N) is 3. The number of ether oxygens (including phenoxy) is 1. The second-order valence-corrected chi connectivity index (χ2v) is 6.19. The molecule has 3 heterocycles. The monoisotopic (exact) mass is 339 g/mol. The Morgan fingerprint density at radius 3 is 2.76 bits per heavy atom. The molecule has 1 saturated heterocycles. The highest BCUT2D eigenvalue weighted by molar-refractivity contribution is 5.94. The van der Waals surface area contributed by atoms with E-state index in [0.29, 0.717) is 17.9 Å². The number of pyridine rings is 1. The van der Waals surface area contributed by atoms with Crippen LogP contribution in [-0.2, 0) is 0 Å². The highest BCUT2D eigenvalue weighted by Crippen LogP contribution is 2.36. The average Bonchev–Trinajstić information content (AvgIpc) is 2.92. The van der Waals surface area contributed by atoms with E-state index in [9.17, 15) is 9.18 Å². The van der Waals surface area contributed by atoms with E-state index in [0.717, 1.165) is 17.7 Å². The van der Waals surface area contributed by atoms with Crippen LogP contribution < -0.4 is 4.74 Å². The second kappa shape index (κ2) is 5.88. The number of amides is 1. The molecule has 6 heteroatoms. The lowest BCUT2D eigenvalue weighted by Crippen LogP contribution is -2.45. The van der Waals surface area contributed by atoms with E-state index < -0.39 is 5.95 Å². The first-order valence-electron chi connectivity index (χ1n) is 8.18. The van der Waals surface area contributed by atoms with Gasteiger partial charge in [0.1, 0.15) is 11.4 Å². The minimum Gasteiger partial charge on any atom is -0.497 e. The van der Waals surface area contributed by atoms with Gasteiger partial charge >= 0.3 is 0 Å². The molecular weight excluding hydrogens is 321 g/mol. The molecule has 0 saturated carbocycles. The molecule has 1 atom stereocenters. The summed E-state index contributed by atoms with van der Waals surface area (Å²) in [5.74, 6) is -0.236. The maximum atomic E-state index is 14.7. The van der Waals surface area contributed by atoms with Crippen LogP contribution in [0.5, 0.6) is 5.75 Å². The lowest BCUT2D eigenvalue weighted by Gasteiger charge is -2.41. The van der Waals surface area contributed by atoms with Crippen molar-refractivity contribution in [2.24, 2.45) is 0 Å². The van der Waals surface area contributed by atoms with E-state index in [-0.39, 0.29) is 17.6 Å². The van der Waals surface area contributed by atoms with E-state index in [1.54, 1.807) is 37.1 Å². The minimum atomic E-state index is -0.602. The number of hydrogen-bond acceptors (Lipinski definition) is 3. The summed E-state index contributed by atoms with van der Waals surface area (Å²) in [5.41, 5.74) is 2.01. The fraction of sp³-hybridized carbons (Fsp3) is 0.263. The van der Waals surface area contributed by atoms with E-state index in [1.807, 2.05) is 24.3 Å². The summed E-state index contributed by atoms with van der Waals surface area (Å²) >= 11 is 0. The number of imidazole rings is 1. The molecule has 1 fully saturated rings. The number of likely N-dealkylation sites (tertiary alicyclic amines) is 1. The van der Waals surface area contributed by atoms with Crippen LogP contribution >= 0.6 is 0 Å². The Morgan fingerprint density at radius 2 is 2.08 bits per heavy atom. The predicted molar refractivity (Wildman–Crippen MR) is 91.3 cm³/mol. The van der Waals surface area contributed by atoms with Crippen LogP contribution in [0.25, 0.3) is 5.65 Å². The molecule has 2 aromatic heterocycles. The van der Waals surface area contributed by atoms with Gasteiger partial charge in [-0.1, -0.05) is 18.2 Å². The summed E-state index contributed by atoms with van der Waals surface area (Å²) in [6.07, 6.45) is 0.840. The molecule has 5 nitrogen and oxygen atoms in total. The Balaban J connectivity index is 1.67. The third-order valence-corrected chi connectivity index (χ3v) is 4.74. The largest absolute Gasteiger partial charge is 0.497 e. The number of methoxy groups -OCH3 is 1. The van der Waals surface area contributed by atoms with Gasteiger partial charge in [-0.15, -0.1) is 0 Å². The summed E-state index contributed by atoms with van der Waals surface area (Å²) in [6, 6.07) is 12.8. The molecule has 1 aliphatic heterocycles. The highest BCUT2D eigenvalue weighted by Gasteiger charge is 2.36. The zero-order valence-corrected chi connectivity index (χ0v) is 14.1. The number of aromatic nitrogens is 2. The maximum Gasteiger partial charge on any atom is 0.277 e. The number of rotatable bonds is 3. The third-order valence-electron chi connectivity index (χ3n) is 4.74. The van der Waals surface area contributed by atoms with Gasteiger partial charge in [0.05, 0.1) is 13.2 Å². The van der Waals surface area contributed by atoms with Crippen molar-refractivity contribution < 1.29 is 13.9 Å². The lowest BCUT2D eigenvalue weighted by atomic mass is 9.94. The SMILES string of the molecule is COc1cccc([C@@H]2CCN2C(=O)c2nc3cccc(C)n3c2F)c1. The summed E-state index contributed by atoms with van der Waals surface area (Å²) in [7, 11) is 1.61. The Hall–Kier alpha value is -2.89. The Kier molecular flexibility index (Phi) is 3.67. The van der Waals surface area contributed by atoms with Crippen LogP contribution in [-0.4, -0.2) is 33.8 Å². The first-order valence-corrected chi connectivity index (χ1v) is 8.18. The molecule has 1 amide bonds. The van der Waals surface area contributed by atoms with Gasteiger partial charge in [-0.25, -0.2) is 4.98 Å². The van der Waals surface area contributed by atoms with E-state index in [1.165, 1.54) is 4.40 Å². The van der Waals surface area contributed by atoms with Crippen LogP contribution in [0.2, 0.25) is 0 Å². The van der Waals surface area contributed by atoms with Gasteiger partial charge in [-0.3, -0.25) is 9.20 Å². The topological polar surface area (TPSA) is 46.8 Å². The van der Waals surface area contributed by atoms with Crippen LogP contribution in [0.3, 0.4) is 0 Å². The van der Waals surface area contributed by atoms with Crippen molar-refractivity contribution >= 4 is 11.6 Å². The van der Waals surface area contributed by atoms with E-state index in [2.05, 4.69) is 4.98 Å². The number of benzene rings is 1. The summed E-state index contributed by atoms with van der Waals surface area (Å²) < 4.78 is 21.4. The number of fused-ring (bicyclic) bond motifs is 1. The molecule has 0 unspecified atom stereocenters. The van der Waals surface area contributed by atoms with Crippen molar-refractivity contribution in [3.8, 4) is 5.75 Å². The Morgan fingerprint density at radius 1 is 1.28 bits per heavy atom. The molecule has 0 bridgehead atoms. The van der Waals surface area contributed by atoms with Crippen molar-refractivity contribution in [1.82, 2.24) is 14.3 Å². The zero-order chi connectivity index (χ0) is 17.6. The van der Waals surface area contributed by atoms with Gasteiger partial charge in [0, 0.05) is 12.2 Å². The molecule has 3 aromatic rings. The molecule has 1 aromatic carbocycles. The van der Waals surface area contributed by atoms with Crippen LogP contribution in [0.15, 0.2) is 42.5 Å². The minimum absolute atomic E-state index is 0.0760. The molecular formula is C19H18FN3O2. The van der Waals surface area contributed by atoms with Crippen LogP contribution in [0.1, 0.15) is 34.2 Å². The highest BCUT2D eigenvalue weighted by atomic mass is 19.1. The maximum absolute atomic E-state index is 14.7. The molecule has 0 radical (unpaired) electrons. The van der Waals surface area contributed by atoms with Crippen molar-refractivity contribution in [1.29, 1.82) is 0 Å². The van der Waals surface area contributed by atoms with Crippen molar-refractivity contribution in [2.45, 2.75) is 19.4 Å². The number of carbonyl (C=O) groups is 1. The number of hydrogen-bond donors (Lipinski definition) is 0. The molecule has 0 N–H and O–H groups in total. The van der Waals surface area contributed by atoms with Crippen molar-refractivity contribution in [3.63, 3.8) is 0 Å². The smallest absolute Gasteiger partial charge is 0.277 e. The van der Waals surface area contributed by atoms with Gasteiger partial charge in [0.15, 0.2) is 5.69 Å². The summed E-state index contributed by atoms with van der Waals surface area (Å²) in [5, 5.41) is 0. The summed E-state index contributed by atoms with van der Waals surface area (Å²) in [4.78, 5) is 18.7. The predicted octanol–water partition coefficient (Wildman–Crippen LogP) is 3.38. The fourth-order valence-corrected chi connectivity index (χ4v) is 3.31. The standard InChI is InChI=1S/C19H18FN3O2/c1-12-5-3-8-16-21-17(18(20)23(12)16)19(24)22-10-9-15(22)13-6-4-7-14(11-13)25-2/h3-8,11,15H,9-10H2,1-2H3/t15-/m0/s1. The molecule has 128 valence electrons. The Bertz CT molecular complexity index is 966. The second-order valence-electron chi connectivity index (χ2n) is 6.19. The number of aryl methyl sites for hydroxylation is 1. The van der Waals surface area contributed by atoms with Crippen molar-refractivity contribution in [2.75, 3.05) is 13.7 Å². The molecule has 0 spiro atoms. The first-order chi connectivity index (χ1) is 12.1. The van der Waals surface area contributed by atoms with Gasteiger partial charge < -0.3 is 9.64 Å². The summed E-state index contributed by atoms with van der Waals surface area (Å²) in [6.45, 7) is 2.38. The van der Waals surface area contributed by atoms with E-state index >= 15 is 0 Å². The van der Waals surface area contributed by atoms with Crippen molar-refractivity contribution in [3.05, 3.63) is 65.4 Å². The molecule has 1 aliphatic rings. The average molecular weight is 339 g/mol. The zero-order valence-electron chi connectivity index (χ0n) is 14.1. The third kappa shape index (κ3) is 2.45. The lowest BCUT2D eigenvalue weighted by molar-refractivity contribution is 0.0449. The normalized spacial score (nSPS) is 16.8. The van der Waals surface area contributed by atoms with Gasteiger partial charge in [0.25, 0.3) is 5.91 Å². The molecule has 0 aliphatic carbocycles. The molecule has 4 rings (SSSR count). The molecule has 25 heavy (non-hydrogen) atoms. The number of halogens is 1. The van der Waals surface area contributed by atoms with Gasteiger partial charge in [0.2, 0.25) is 5.95 Å². The van der Waals surface area contributed by atoms with Crippen LogP contribution in [0.4, 0.5) is 4.39 Å². The van der Waals surface area contributed by atoms with Crippen LogP contribution in [0, 0.1) is 12.9 Å². The first kappa shape index (κ1) is 15.6. The fourth-order valence-electron chi connectivity index (χ4n) is 3.31. The number of carbonyl (C=O) groups excluding carboxylic acids is 1.